The molecule has 5 heteroatoms. The summed E-state index contributed by atoms with van der Waals surface area (Å²) in [6, 6.07) is 8.44. The Hall–Kier alpha value is -0.830. The predicted octanol–water partition coefficient (Wildman–Crippen LogP) is 2.98. The van der Waals surface area contributed by atoms with Crippen LogP contribution in [-0.4, -0.2) is 11.0 Å². The number of rotatable bonds is 5. The van der Waals surface area contributed by atoms with Crippen molar-refractivity contribution in [3.63, 3.8) is 0 Å². The molecule has 1 rings (SSSR count). The zero-order valence-electron chi connectivity index (χ0n) is 8.79. The normalized spacial score (nSPS) is 16.7. The fraction of sp³-hybridized carbons (Fsp3) is 0.400. The molecule has 1 unspecified atom stereocenters. The average Bonchev–Trinajstić information content (AvgIpc) is 2.17. The molecule has 1 aromatic rings. The van der Waals surface area contributed by atoms with Gasteiger partial charge in [-0.05, 0) is 25.5 Å². The highest BCUT2D eigenvalue weighted by atomic mass is 31.2. The number of benzene rings is 1. The fourth-order valence-electron chi connectivity index (χ4n) is 0.938. The fourth-order valence-corrected chi connectivity index (χ4v) is 1.97. The maximum Gasteiger partial charge on any atom is 0.527 e. The lowest BCUT2D eigenvalue weighted by Crippen LogP contribution is -2.07. The average molecular weight is 230 g/mol. The van der Waals surface area contributed by atoms with Crippen LogP contribution in [0.2, 0.25) is 0 Å². The van der Waals surface area contributed by atoms with Gasteiger partial charge in [-0.1, -0.05) is 25.1 Å². The molecule has 0 aliphatic heterocycles. The first kappa shape index (κ1) is 12.2. The van der Waals surface area contributed by atoms with Gasteiger partial charge >= 0.3 is 7.82 Å². The summed E-state index contributed by atoms with van der Waals surface area (Å²) >= 11 is 0. The van der Waals surface area contributed by atoms with Gasteiger partial charge in [-0.25, -0.2) is 4.57 Å². The minimum Gasteiger partial charge on any atom is -0.404 e. The van der Waals surface area contributed by atoms with Gasteiger partial charge in [-0.15, -0.1) is 0 Å². The van der Waals surface area contributed by atoms with Gasteiger partial charge in [0.05, 0.1) is 6.10 Å². The van der Waals surface area contributed by atoms with E-state index in [2.05, 4.69) is 0 Å². The van der Waals surface area contributed by atoms with Crippen LogP contribution in [0.15, 0.2) is 30.3 Å². The van der Waals surface area contributed by atoms with Gasteiger partial charge in [-0.3, -0.25) is 9.42 Å². The van der Waals surface area contributed by atoms with E-state index in [0.717, 1.165) is 0 Å². The van der Waals surface area contributed by atoms with Crippen LogP contribution in [0.5, 0.6) is 5.75 Å². The summed E-state index contributed by atoms with van der Waals surface area (Å²) in [7, 11) is -3.99. The van der Waals surface area contributed by atoms with Crippen LogP contribution in [-0.2, 0) is 9.09 Å². The third-order valence-corrected chi connectivity index (χ3v) is 2.92. The molecule has 15 heavy (non-hydrogen) atoms. The second-order valence-corrected chi connectivity index (χ2v) is 4.53. The summed E-state index contributed by atoms with van der Waals surface area (Å²) in [5.41, 5.74) is 0. The molecule has 0 fully saturated rings. The summed E-state index contributed by atoms with van der Waals surface area (Å²) in [5, 5.41) is 0. The molecule has 1 N–H and O–H groups in total. The lowest BCUT2D eigenvalue weighted by Gasteiger charge is -2.16. The van der Waals surface area contributed by atoms with Crippen molar-refractivity contribution in [2.45, 2.75) is 26.4 Å². The van der Waals surface area contributed by atoms with Crippen LogP contribution in [0.3, 0.4) is 0 Å². The van der Waals surface area contributed by atoms with Crippen molar-refractivity contribution >= 4 is 7.82 Å². The standard InChI is InChI=1S/C10H15O4P/c1-3-9(2)13-15(11,12)14-10-7-5-4-6-8-10/h4-9H,3H2,1-2H3,(H,11,12)/t9-/m1/s1. The molecule has 0 radical (unpaired) electrons. The van der Waals surface area contributed by atoms with Crippen molar-refractivity contribution in [1.29, 1.82) is 0 Å². The Morgan fingerprint density at radius 1 is 1.40 bits per heavy atom. The van der Waals surface area contributed by atoms with Crippen LogP contribution in [0.1, 0.15) is 20.3 Å². The summed E-state index contributed by atoms with van der Waals surface area (Å²) < 4.78 is 21.2. The Bertz CT molecular complexity index is 339. The summed E-state index contributed by atoms with van der Waals surface area (Å²) in [4.78, 5) is 9.38. The smallest absolute Gasteiger partial charge is 0.404 e. The molecule has 84 valence electrons. The third kappa shape index (κ3) is 4.47. The van der Waals surface area contributed by atoms with Gasteiger partial charge < -0.3 is 4.52 Å². The molecule has 0 heterocycles. The summed E-state index contributed by atoms with van der Waals surface area (Å²) in [6.45, 7) is 3.59. The van der Waals surface area contributed by atoms with Crippen LogP contribution >= 0.6 is 7.82 Å². The number of hydrogen-bond donors (Lipinski definition) is 1. The number of para-hydroxylation sites is 1. The Labute approximate surface area is 89.5 Å². The Morgan fingerprint density at radius 3 is 2.53 bits per heavy atom. The molecule has 4 nitrogen and oxygen atoms in total. The summed E-state index contributed by atoms with van der Waals surface area (Å²) in [5.74, 6) is 0.326. The first-order valence-electron chi connectivity index (χ1n) is 4.79. The van der Waals surface area contributed by atoms with Gasteiger partial charge in [0.25, 0.3) is 0 Å². The Balaban J connectivity index is 2.61. The van der Waals surface area contributed by atoms with Gasteiger partial charge in [0.2, 0.25) is 0 Å². The van der Waals surface area contributed by atoms with Crippen LogP contribution in [0, 0.1) is 0 Å². The molecule has 0 aliphatic carbocycles. The lowest BCUT2D eigenvalue weighted by atomic mass is 10.3. The predicted molar refractivity (Wildman–Crippen MR) is 57.7 cm³/mol. The highest BCUT2D eigenvalue weighted by molar-refractivity contribution is 7.47. The maximum atomic E-state index is 11.5. The van der Waals surface area contributed by atoms with E-state index in [9.17, 15) is 9.46 Å². The number of phosphoric acid groups is 1. The Kier molecular flexibility index (Phi) is 4.33. The second kappa shape index (κ2) is 5.31. The minimum atomic E-state index is -3.99. The van der Waals surface area contributed by atoms with E-state index in [4.69, 9.17) is 9.05 Å². The van der Waals surface area contributed by atoms with Gasteiger partial charge in [-0.2, -0.15) is 0 Å². The zero-order valence-corrected chi connectivity index (χ0v) is 9.68. The molecule has 1 aromatic carbocycles. The molecular weight excluding hydrogens is 215 g/mol. The largest absolute Gasteiger partial charge is 0.527 e. The highest BCUT2D eigenvalue weighted by Gasteiger charge is 2.25. The quantitative estimate of drug-likeness (QED) is 0.790. The first-order chi connectivity index (χ1) is 7.03. The Morgan fingerprint density at radius 2 is 2.00 bits per heavy atom. The molecule has 0 bridgehead atoms. The second-order valence-electron chi connectivity index (χ2n) is 3.20. The van der Waals surface area contributed by atoms with Crippen molar-refractivity contribution in [2.24, 2.45) is 0 Å². The van der Waals surface area contributed by atoms with Crippen molar-refractivity contribution in [1.82, 2.24) is 0 Å². The van der Waals surface area contributed by atoms with Crippen molar-refractivity contribution in [3.8, 4) is 5.75 Å². The van der Waals surface area contributed by atoms with Crippen molar-refractivity contribution < 1.29 is 18.5 Å². The van der Waals surface area contributed by atoms with Crippen LogP contribution < -0.4 is 4.52 Å². The molecule has 0 aromatic heterocycles. The van der Waals surface area contributed by atoms with Crippen LogP contribution in [0.25, 0.3) is 0 Å². The topological polar surface area (TPSA) is 55.8 Å². The van der Waals surface area contributed by atoms with E-state index in [1.54, 1.807) is 37.3 Å². The minimum absolute atomic E-state index is 0.301. The lowest BCUT2D eigenvalue weighted by molar-refractivity contribution is 0.147. The number of hydrogen-bond acceptors (Lipinski definition) is 3. The monoisotopic (exact) mass is 230 g/mol. The zero-order chi connectivity index (χ0) is 11.3. The van der Waals surface area contributed by atoms with E-state index in [0.29, 0.717) is 12.2 Å². The highest BCUT2D eigenvalue weighted by Crippen LogP contribution is 2.45. The molecule has 0 aliphatic rings. The molecular formula is C10H15O4P. The molecule has 2 atom stereocenters. The van der Waals surface area contributed by atoms with E-state index < -0.39 is 7.82 Å². The van der Waals surface area contributed by atoms with E-state index in [-0.39, 0.29) is 6.10 Å². The van der Waals surface area contributed by atoms with E-state index in [1.165, 1.54) is 0 Å². The van der Waals surface area contributed by atoms with E-state index in [1.807, 2.05) is 6.92 Å². The van der Waals surface area contributed by atoms with Gasteiger partial charge in [0.15, 0.2) is 0 Å². The SMILES string of the molecule is CC[C@@H](C)OP(=O)(O)Oc1ccccc1. The van der Waals surface area contributed by atoms with Gasteiger partial charge in [0.1, 0.15) is 5.75 Å². The third-order valence-electron chi connectivity index (χ3n) is 1.85. The summed E-state index contributed by atoms with van der Waals surface area (Å²) in [6.07, 6.45) is 0.354. The van der Waals surface area contributed by atoms with Crippen molar-refractivity contribution in [3.05, 3.63) is 30.3 Å². The molecule has 0 spiro atoms. The molecule has 0 amide bonds. The number of phosphoric ester groups is 1. The van der Waals surface area contributed by atoms with Gasteiger partial charge in [0, 0.05) is 0 Å². The molecule has 0 saturated heterocycles. The molecule has 0 saturated carbocycles. The first-order valence-corrected chi connectivity index (χ1v) is 6.29. The van der Waals surface area contributed by atoms with Crippen LogP contribution in [0.4, 0.5) is 0 Å². The maximum absolute atomic E-state index is 11.5. The van der Waals surface area contributed by atoms with E-state index >= 15 is 0 Å². The van der Waals surface area contributed by atoms with Crippen molar-refractivity contribution in [2.75, 3.05) is 0 Å².